The van der Waals surface area contributed by atoms with E-state index in [1.165, 1.54) is 0 Å². The van der Waals surface area contributed by atoms with Gasteiger partial charge in [0.1, 0.15) is 5.50 Å². The summed E-state index contributed by atoms with van der Waals surface area (Å²) in [6.07, 6.45) is 1.10. The fourth-order valence-corrected chi connectivity index (χ4v) is 1.26. The van der Waals surface area contributed by atoms with Crippen LogP contribution >= 0.6 is 11.6 Å². The number of hydrogen-bond acceptors (Lipinski definition) is 3. The van der Waals surface area contributed by atoms with Gasteiger partial charge in [-0.2, -0.15) is 0 Å². The molecule has 1 heterocycles. The van der Waals surface area contributed by atoms with Crippen molar-refractivity contribution >= 4 is 17.9 Å². The molecule has 0 aromatic carbocycles. The van der Waals surface area contributed by atoms with Gasteiger partial charge < -0.3 is 9.90 Å². The number of β-amino-alcohol motifs (C(OH)–C–C–N with tert-alkyl or cyclic N) is 1. The standard InChI is InChI=1S/C6H10ClNO2/c7-6(4-9)8-2-1-5(10)3-8/h4-6,10H,1-3H2/t5?,6-/m1/s1. The van der Waals surface area contributed by atoms with Crippen molar-refractivity contribution in [2.75, 3.05) is 13.1 Å². The second-order valence-electron chi connectivity index (χ2n) is 2.45. The minimum atomic E-state index is -0.558. The highest BCUT2D eigenvalue weighted by Crippen LogP contribution is 2.13. The molecule has 1 fully saturated rings. The summed E-state index contributed by atoms with van der Waals surface area (Å²) in [6.45, 7) is 1.24. The first-order valence-corrected chi connectivity index (χ1v) is 3.69. The zero-order valence-corrected chi connectivity index (χ0v) is 6.29. The van der Waals surface area contributed by atoms with E-state index in [0.717, 1.165) is 6.42 Å². The molecule has 1 unspecified atom stereocenters. The van der Waals surface area contributed by atoms with E-state index in [1.807, 2.05) is 0 Å². The molecule has 1 N–H and O–H groups in total. The van der Waals surface area contributed by atoms with Crippen molar-refractivity contribution in [3.63, 3.8) is 0 Å². The highest BCUT2D eigenvalue weighted by Gasteiger charge is 2.24. The van der Waals surface area contributed by atoms with Crippen LogP contribution < -0.4 is 0 Å². The molecule has 0 radical (unpaired) electrons. The number of carbonyl (C=O) groups excluding carboxylic acids is 1. The van der Waals surface area contributed by atoms with Crippen LogP contribution in [0.2, 0.25) is 0 Å². The predicted molar refractivity (Wildman–Crippen MR) is 37.9 cm³/mol. The Kier molecular flexibility index (Phi) is 2.65. The van der Waals surface area contributed by atoms with Crippen LogP contribution in [0.1, 0.15) is 6.42 Å². The topological polar surface area (TPSA) is 40.5 Å². The fraction of sp³-hybridized carbons (Fsp3) is 0.833. The maximum Gasteiger partial charge on any atom is 0.152 e. The maximum atomic E-state index is 10.1. The van der Waals surface area contributed by atoms with Crippen molar-refractivity contribution in [2.45, 2.75) is 18.0 Å². The summed E-state index contributed by atoms with van der Waals surface area (Å²) in [5.41, 5.74) is -0.558. The molecule has 0 aromatic rings. The Morgan fingerprint density at radius 1 is 1.80 bits per heavy atom. The van der Waals surface area contributed by atoms with Gasteiger partial charge >= 0.3 is 0 Å². The van der Waals surface area contributed by atoms with Gasteiger partial charge in [0.05, 0.1) is 6.10 Å². The largest absolute Gasteiger partial charge is 0.392 e. The molecule has 3 nitrogen and oxygen atoms in total. The summed E-state index contributed by atoms with van der Waals surface area (Å²) in [6, 6.07) is 0. The summed E-state index contributed by atoms with van der Waals surface area (Å²) >= 11 is 5.58. The van der Waals surface area contributed by atoms with E-state index in [-0.39, 0.29) is 6.10 Å². The lowest BCUT2D eigenvalue weighted by Crippen LogP contribution is -2.30. The molecule has 4 heteroatoms. The Labute approximate surface area is 64.6 Å². The van der Waals surface area contributed by atoms with Gasteiger partial charge in [0.15, 0.2) is 6.29 Å². The van der Waals surface area contributed by atoms with Gasteiger partial charge in [-0.15, -0.1) is 0 Å². The van der Waals surface area contributed by atoms with Crippen LogP contribution in [0.15, 0.2) is 0 Å². The van der Waals surface area contributed by atoms with Crippen molar-refractivity contribution in [3.8, 4) is 0 Å². The summed E-state index contributed by atoms with van der Waals surface area (Å²) in [7, 11) is 0. The lowest BCUT2D eigenvalue weighted by Gasteiger charge is -2.15. The molecule has 2 atom stereocenters. The first-order valence-electron chi connectivity index (χ1n) is 3.25. The monoisotopic (exact) mass is 163 g/mol. The molecule has 58 valence electrons. The van der Waals surface area contributed by atoms with E-state index in [2.05, 4.69) is 0 Å². The summed E-state index contributed by atoms with van der Waals surface area (Å²) in [5.74, 6) is 0. The molecule has 0 saturated carbocycles. The van der Waals surface area contributed by atoms with Crippen LogP contribution in [0, 0.1) is 0 Å². The van der Waals surface area contributed by atoms with Gasteiger partial charge in [-0.3, -0.25) is 4.90 Å². The average Bonchev–Trinajstić information content (AvgIpc) is 2.34. The van der Waals surface area contributed by atoms with E-state index in [0.29, 0.717) is 19.4 Å². The van der Waals surface area contributed by atoms with E-state index < -0.39 is 5.50 Å². The molecule has 1 saturated heterocycles. The molecular formula is C6H10ClNO2. The molecule has 0 aromatic heterocycles. The molecule has 10 heavy (non-hydrogen) atoms. The second-order valence-corrected chi connectivity index (χ2v) is 2.89. The van der Waals surface area contributed by atoms with Gasteiger partial charge in [0, 0.05) is 13.1 Å². The first-order chi connectivity index (χ1) is 4.74. The quantitative estimate of drug-likeness (QED) is 0.349. The molecule has 1 aliphatic rings. The minimum Gasteiger partial charge on any atom is -0.392 e. The zero-order chi connectivity index (χ0) is 7.56. The second kappa shape index (κ2) is 3.32. The Morgan fingerprint density at radius 2 is 2.50 bits per heavy atom. The number of nitrogens with zero attached hydrogens (tertiary/aromatic N) is 1. The Balaban J connectivity index is 2.36. The molecule has 0 aliphatic carbocycles. The summed E-state index contributed by atoms with van der Waals surface area (Å²) in [5, 5.41) is 9.03. The fourth-order valence-electron chi connectivity index (χ4n) is 1.08. The van der Waals surface area contributed by atoms with Crippen LogP contribution in [-0.4, -0.2) is 41.0 Å². The number of likely N-dealkylation sites (tertiary alicyclic amines) is 1. The van der Waals surface area contributed by atoms with Crippen molar-refractivity contribution in [2.24, 2.45) is 0 Å². The van der Waals surface area contributed by atoms with Gasteiger partial charge in [-0.25, -0.2) is 0 Å². The van der Waals surface area contributed by atoms with Crippen molar-refractivity contribution in [1.29, 1.82) is 0 Å². The van der Waals surface area contributed by atoms with Gasteiger partial charge in [-0.05, 0) is 6.42 Å². The lowest BCUT2D eigenvalue weighted by molar-refractivity contribution is -0.109. The van der Waals surface area contributed by atoms with Gasteiger partial charge in [0.2, 0.25) is 0 Å². The third kappa shape index (κ3) is 1.68. The number of aliphatic hydroxyl groups is 1. The van der Waals surface area contributed by atoms with E-state index in [1.54, 1.807) is 4.90 Å². The Hall–Kier alpha value is -0.120. The summed E-state index contributed by atoms with van der Waals surface area (Å²) in [4.78, 5) is 11.9. The van der Waals surface area contributed by atoms with E-state index >= 15 is 0 Å². The number of alkyl halides is 1. The van der Waals surface area contributed by atoms with Crippen molar-refractivity contribution in [3.05, 3.63) is 0 Å². The highest BCUT2D eigenvalue weighted by atomic mass is 35.5. The number of carbonyl (C=O) groups is 1. The highest BCUT2D eigenvalue weighted by molar-refractivity contribution is 6.27. The van der Waals surface area contributed by atoms with Crippen molar-refractivity contribution < 1.29 is 9.90 Å². The third-order valence-corrected chi connectivity index (χ3v) is 2.03. The first kappa shape index (κ1) is 7.98. The SMILES string of the molecule is O=C[C@H](Cl)N1CCC(O)C1. The van der Waals surface area contributed by atoms with E-state index in [9.17, 15) is 4.79 Å². The Bertz CT molecular complexity index is 131. The molecule has 1 aliphatic heterocycles. The number of aldehydes is 1. The smallest absolute Gasteiger partial charge is 0.152 e. The molecule has 0 bridgehead atoms. The minimum absolute atomic E-state index is 0.304. The maximum absolute atomic E-state index is 10.1. The molecule has 1 rings (SSSR count). The molecular weight excluding hydrogens is 154 g/mol. The van der Waals surface area contributed by atoms with Crippen LogP contribution in [0.4, 0.5) is 0 Å². The normalized spacial score (nSPS) is 30.4. The van der Waals surface area contributed by atoms with E-state index in [4.69, 9.17) is 16.7 Å². The number of aliphatic hydroxyl groups excluding tert-OH is 1. The zero-order valence-electron chi connectivity index (χ0n) is 5.53. The lowest BCUT2D eigenvalue weighted by atomic mass is 10.3. The third-order valence-electron chi connectivity index (χ3n) is 1.66. The average molecular weight is 164 g/mol. The summed E-state index contributed by atoms with van der Waals surface area (Å²) < 4.78 is 0. The van der Waals surface area contributed by atoms with Crippen LogP contribution in [0.25, 0.3) is 0 Å². The molecule has 0 spiro atoms. The van der Waals surface area contributed by atoms with Crippen LogP contribution in [0.3, 0.4) is 0 Å². The Morgan fingerprint density at radius 3 is 2.90 bits per heavy atom. The predicted octanol–water partition coefficient (Wildman–Crippen LogP) is -0.183. The van der Waals surface area contributed by atoms with Crippen LogP contribution in [0.5, 0.6) is 0 Å². The van der Waals surface area contributed by atoms with Crippen LogP contribution in [-0.2, 0) is 4.79 Å². The van der Waals surface area contributed by atoms with Gasteiger partial charge in [0.25, 0.3) is 0 Å². The number of hydrogen-bond donors (Lipinski definition) is 1. The number of rotatable bonds is 2. The number of halogens is 1. The molecule has 0 amide bonds. The van der Waals surface area contributed by atoms with Gasteiger partial charge in [-0.1, -0.05) is 11.6 Å². The van der Waals surface area contributed by atoms with Crippen molar-refractivity contribution in [1.82, 2.24) is 4.90 Å².